The van der Waals surface area contributed by atoms with Crippen molar-refractivity contribution in [1.82, 2.24) is 0 Å². The van der Waals surface area contributed by atoms with E-state index in [1.54, 1.807) is 36.4 Å². The molecule has 0 fully saturated rings. The van der Waals surface area contributed by atoms with Gasteiger partial charge in [0.2, 0.25) is 0 Å². The molecular weight excluding hydrogens is 328 g/mol. The molecule has 0 spiro atoms. The van der Waals surface area contributed by atoms with Crippen molar-refractivity contribution in [2.45, 2.75) is 13.8 Å². The van der Waals surface area contributed by atoms with Crippen LogP contribution in [-0.4, -0.2) is 20.4 Å². The first-order valence-electron chi connectivity index (χ1n) is 8.45. The van der Waals surface area contributed by atoms with Crippen LogP contribution in [0.2, 0.25) is 0 Å². The highest BCUT2D eigenvalue weighted by Gasteiger charge is 2.16. The lowest BCUT2D eigenvalue weighted by Gasteiger charge is -2.13. The van der Waals surface area contributed by atoms with Gasteiger partial charge in [0.25, 0.3) is 0 Å². The Labute approximate surface area is 151 Å². The number of phenols is 4. The van der Waals surface area contributed by atoms with Crippen LogP contribution in [0.5, 0.6) is 23.0 Å². The Bertz CT molecular complexity index is 1100. The second-order valence-electron chi connectivity index (χ2n) is 5.70. The number of hydrogen-bond acceptors (Lipinski definition) is 4. The topological polar surface area (TPSA) is 80.9 Å². The summed E-state index contributed by atoms with van der Waals surface area (Å²) in [7, 11) is 0. The summed E-state index contributed by atoms with van der Waals surface area (Å²) in [6.07, 6.45) is 0. The molecule has 0 amide bonds. The van der Waals surface area contributed by atoms with Crippen molar-refractivity contribution in [1.29, 1.82) is 0 Å². The van der Waals surface area contributed by atoms with Gasteiger partial charge in [-0.25, -0.2) is 0 Å². The molecule has 4 aromatic carbocycles. The monoisotopic (exact) mass is 348 g/mol. The summed E-state index contributed by atoms with van der Waals surface area (Å²) in [5, 5.41) is 43.1. The van der Waals surface area contributed by atoms with E-state index in [4.69, 9.17) is 0 Å². The van der Waals surface area contributed by atoms with Crippen LogP contribution in [0.1, 0.15) is 13.8 Å². The molecule has 26 heavy (non-hydrogen) atoms. The lowest BCUT2D eigenvalue weighted by molar-refractivity contribution is 0.471. The maximum atomic E-state index is 10.7. The fraction of sp³-hybridized carbons (Fsp3) is 0.0909. The summed E-state index contributed by atoms with van der Waals surface area (Å²) >= 11 is 0. The van der Waals surface area contributed by atoms with Gasteiger partial charge < -0.3 is 20.4 Å². The summed E-state index contributed by atoms with van der Waals surface area (Å²) in [4.78, 5) is 0. The average molecular weight is 348 g/mol. The highest BCUT2D eigenvalue weighted by molar-refractivity contribution is 6.06. The van der Waals surface area contributed by atoms with Gasteiger partial charge in [-0.3, -0.25) is 0 Å². The molecule has 0 aliphatic heterocycles. The van der Waals surface area contributed by atoms with E-state index in [0.29, 0.717) is 32.7 Å². The Morgan fingerprint density at radius 3 is 1.92 bits per heavy atom. The normalized spacial score (nSPS) is 10.5. The zero-order valence-electron chi connectivity index (χ0n) is 14.6. The molecule has 4 N–H and O–H groups in total. The van der Waals surface area contributed by atoms with Gasteiger partial charge in [-0.15, -0.1) is 0 Å². The molecular formula is C22H20O4. The standard InChI is InChI=1S/C20H14O4.C2H6/c21-11-5-6-14-16(9-11)12(7-8-18(14)22)17-10-19(23)13-3-1-2-4-15(13)20(17)24;1-2/h1-10,21-24H;1-2H3. The van der Waals surface area contributed by atoms with Crippen LogP contribution in [0.4, 0.5) is 0 Å². The van der Waals surface area contributed by atoms with Crippen LogP contribution in [0.25, 0.3) is 32.7 Å². The quantitative estimate of drug-likeness (QED) is 0.342. The third-order valence-corrected chi connectivity index (χ3v) is 4.26. The van der Waals surface area contributed by atoms with E-state index in [0.717, 1.165) is 0 Å². The minimum Gasteiger partial charge on any atom is -0.508 e. The molecule has 0 radical (unpaired) electrons. The van der Waals surface area contributed by atoms with E-state index in [9.17, 15) is 20.4 Å². The van der Waals surface area contributed by atoms with Gasteiger partial charge >= 0.3 is 0 Å². The zero-order chi connectivity index (χ0) is 18.8. The first-order chi connectivity index (χ1) is 12.6. The zero-order valence-corrected chi connectivity index (χ0v) is 14.6. The van der Waals surface area contributed by atoms with E-state index in [1.807, 2.05) is 13.8 Å². The SMILES string of the molecule is CC.Oc1ccc2c(O)ccc(-c3cc(O)c4ccccc4c3O)c2c1. The molecule has 0 atom stereocenters. The first kappa shape index (κ1) is 17.4. The fourth-order valence-electron chi connectivity index (χ4n) is 3.10. The van der Waals surface area contributed by atoms with E-state index in [1.165, 1.54) is 24.3 Å². The maximum Gasteiger partial charge on any atom is 0.131 e. The van der Waals surface area contributed by atoms with E-state index >= 15 is 0 Å². The van der Waals surface area contributed by atoms with E-state index < -0.39 is 0 Å². The lowest BCUT2D eigenvalue weighted by Crippen LogP contribution is -1.86. The van der Waals surface area contributed by atoms with Gasteiger partial charge in [0.15, 0.2) is 0 Å². The van der Waals surface area contributed by atoms with Gasteiger partial charge in [0, 0.05) is 21.7 Å². The van der Waals surface area contributed by atoms with Gasteiger partial charge in [-0.2, -0.15) is 0 Å². The summed E-state index contributed by atoms with van der Waals surface area (Å²) in [5.41, 5.74) is 1.04. The number of aromatic hydroxyl groups is 4. The molecule has 0 unspecified atom stereocenters. The largest absolute Gasteiger partial charge is 0.508 e. The highest BCUT2D eigenvalue weighted by atomic mass is 16.3. The van der Waals surface area contributed by atoms with Gasteiger partial charge in [0.1, 0.15) is 23.0 Å². The number of benzene rings is 4. The van der Waals surface area contributed by atoms with Crippen LogP contribution >= 0.6 is 0 Å². The van der Waals surface area contributed by atoms with Crippen LogP contribution < -0.4 is 0 Å². The predicted molar refractivity (Wildman–Crippen MR) is 105 cm³/mol. The molecule has 4 nitrogen and oxygen atoms in total. The second-order valence-corrected chi connectivity index (χ2v) is 5.70. The van der Waals surface area contributed by atoms with Crippen molar-refractivity contribution < 1.29 is 20.4 Å². The molecule has 0 aromatic heterocycles. The smallest absolute Gasteiger partial charge is 0.131 e. The molecule has 0 heterocycles. The van der Waals surface area contributed by atoms with Crippen LogP contribution in [0.15, 0.2) is 60.7 Å². The number of hydrogen-bond donors (Lipinski definition) is 4. The Hall–Kier alpha value is -3.40. The van der Waals surface area contributed by atoms with E-state index in [-0.39, 0.29) is 23.0 Å². The number of phenolic OH excluding ortho intramolecular Hbond substituents is 4. The summed E-state index contributed by atoms with van der Waals surface area (Å²) < 4.78 is 0. The van der Waals surface area contributed by atoms with Crippen molar-refractivity contribution in [2.24, 2.45) is 0 Å². The molecule has 0 aliphatic rings. The second kappa shape index (κ2) is 6.84. The fourth-order valence-corrected chi connectivity index (χ4v) is 3.10. The molecule has 132 valence electrons. The predicted octanol–water partition coefficient (Wildman–Crippen LogP) is 5.51. The Morgan fingerprint density at radius 2 is 1.19 bits per heavy atom. The minimum absolute atomic E-state index is 0.0405. The average Bonchev–Trinajstić information content (AvgIpc) is 2.67. The molecule has 0 saturated heterocycles. The minimum atomic E-state index is 0.0405. The Balaban J connectivity index is 0.000000948. The Kier molecular flexibility index (Phi) is 4.59. The van der Waals surface area contributed by atoms with Crippen molar-refractivity contribution in [3.05, 3.63) is 60.7 Å². The number of fused-ring (bicyclic) bond motifs is 2. The molecule has 0 saturated carbocycles. The number of rotatable bonds is 1. The molecule has 4 heteroatoms. The van der Waals surface area contributed by atoms with Crippen LogP contribution in [0.3, 0.4) is 0 Å². The van der Waals surface area contributed by atoms with Crippen molar-refractivity contribution >= 4 is 21.5 Å². The van der Waals surface area contributed by atoms with Gasteiger partial charge in [-0.1, -0.05) is 38.1 Å². The van der Waals surface area contributed by atoms with Gasteiger partial charge in [0.05, 0.1) is 0 Å². The van der Waals surface area contributed by atoms with Crippen molar-refractivity contribution in [3.8, 4) is 34.1 Å². The Morgan fingerprint density at radius 1 is 0.538 bits per heavy atom. The molecule has 0 bridgehead atoms. The third kappa shape index (κ3) is 2.75. The maximum absolute atomic E-state index is 10.7. The van der Waals surface area contributed by atoms with Gasteiger partial charge in [-0.05, 0) is 47.3 Å². The lowest BCUT2D eigenvalue weighted by atomic mass is 9.94. The summed E-state index contributed by atoms with van der Waals surface area (Å²) in [5.74, 6) is 0.232. The summed E-state index contributed by atoms with van der Waals surface area (Å²) in [6.45, 7) is 4.00. The van der Waals surface area contributed by atoms with Crippen LogP contribution in [-0.2, 0) is 0 Å². The molecule has 4 rings (SSSR count). The first-order valence-corrected chi connectivity index (χ1v) is 8.45. The summed E-state index contributed by atoms with van der Waals surface area (Å²) in [6, 6.07) is 16.3. The highest BCUT2D eigenvalue weighted by Crippen LogP contribution is 2.44. The van der Waals surface area contributed by atoms with Crippen LogP contribution in [0, 0.1) is 0 Å². The van der Waals surface area contributed by atoms with E-state index in [2.05, 4.69) is 0 Å². The molecule has 4 aromatic rings. The van der Waals surface area contributed by atoms with Crippen molar-refractivity contribution in [3.63, 3.8) is 0 Å². The third-order valence-electron chi connectivity index (χ3n) is 4.26. The molecule has 0 aliphatic carbocycles. The van der Waals surface area contributed by atoms with Crippen molar-refractivity contribution in [2.75, 3.05) is 0 Å².